The number of amides is 3. The minimum absolute atomic E-state index is 0.121. The van der Waals surface area contributed by atoms with Crippen molar-refractivity contribution in [3.8, 4) is 0 Å². The molecule has 0 unspecified atom stereocenters. The summed E-state index contributed by atoms with van der Waals surface area (Å²) in [7, 11) is 0. The molecule has 0 bridgehead atoms. The maximum Gasteiger partial charge on any atom is 0.319 e. The fourth-order valence-electron chi connectivity index (χ4n) is 3.44. The van der Waals surface area contributed by atoms with Gasteiger partial charge in [0.2, 0.25) is 5.91 Å². The molecule has 130 valence electrons. The van der Waals surface area contributed by atoms with Crippen molar-refractivity contribution in [2.24, 2.45) is 0 Å². The molecule has 0 atom stereocenters. The highest BCUT2D eigenvalue weighted by Crippen LogP contribution is 2.38. The molecule has 2 aromatic carbocycles. The normalized spacial score (nSPS) is 15.4. The van der Waals surface area contributed by atoms with Crippen molar-refractivity contribution >= 4 is 23.3 Å². The number of hydrogen-bond donors (Lipinski definition) is 3. The van der Waals surface area contributed by atoms with E-state index in [1.54, 1.807) is 24.3 Å². The minimum Gasteiger partial charge on any atom is -0.328 e. The molecule has 1 fully saturated rings. The Hall–Kier alpha value is -2.82. The van der Waals surface area contributed by atoms with Gasteiger partial charge < -0.3 is 16.0 Å². The summed E-state index contributed by atoms with van der Waals surface area (Å²) in [5, 5.41) is 8.77. The molecule has 2 aromatic rings. The van der Waals surface area contributed by atoms with Crippen LogP contribution in [0.2, 0.25) is 0 Å². The Morgan fingerprint density at radius 3 is 1.96 bits per heavy atom. The lowest BCUT2D eigenvalue weighted by Crippen LogP contribution is -2.45. The van der Waals surface area contributed by atoms with E-state index in [-0.39, 0.29) is 17.5 Å². The second-order valence-electron chi connectivity index (χ2n) is 6.49. The molecule has 3 N–H and O–H groups in total. The molecule has 0 spiro atoms. The molecular weight excluding hydrogens is 314 g/mol. The fraction of sp³-hybridized carbons (Fsp3) is 0.300. The van der Waals surface area contributed by atoms with Crippen LogP contribution in [0.3, 0.4) is 0 Å². The predicted octanol–water partition coefficient (Wildman–Crippen LogP) is 4.24. The zero-order chi connectivity index (χ0) is 17.7. The largest absolute Gasteiger partial charge is 0.328 e. The lowest BCUT2D eigenvalue weighted by Gasteiger charge is -2.31. The number of benzene rings is 2. The van der Waals surface area contributed by atoms with Crippen LogP contribution in [-0.4, -0.2) is 11.9 Å². The summed E-state index contributed by atoms with van der Waals surface area (Å²) >= 11 is 0. The van der Waals surface area contributed by atoms with Gasteiger partial charge in [-0.25, -0.2) is 4.79 Å². The van der Waals surface area contributed by atoms with Crippen molar-refractivity contribution in [1.82, 2.24) is 5.32 Å². The Labute approximate surface area is 147 Å². The van der Waals surface area contributed by atoms with E-state index in [1.807, 2.05) is 18.2 Å². The van der Waals surface area contributed by atoms with Crippen LogP contribution in [0, 0.1) is 0 Å². The molecular formula is C20H23N3O2. The maximum absolute atomic E-state index is 12.5. The van der Waals surface area contributed by atoms with Crippen molar-refractivity contribution in [2.45, 2.75) is 38.1 Å². The van der Waals surface area contributed by atoms with Crippen molar-refractivity contribution in [3.63, 3.8) is 0 Å². The van der Waals surface area contributed by atoms with Gasteiger partial charge in [0.15, 0.2) is 0 Å². The quantitative estimate of drug-likeness (QED) is 0.781. The first-order valence-corrected chi connectivity index (χ1v) is 8.60. The number of hydrogen-bond acceptors (Lipinski definition) is 2. The summed E-state index contributed by atoms with van der Waals surface area (Å²) in [6.45, 7) is 1.46. The monoisotopic (exact) mass is 337 g/mol. The van der Waals surface area contributed by atoms with Crippen LogP contribution in [0.4, 0.5) is 16.2 Å². The molecule has 3 amide bonds. The summed E-state index contributed by atoms with van der Waals surface area (Å²) in [5.41, 5.74) is 2.26. The van der Waals surface area contributed by atoms with E-state index in [2.05, 4.69) is 28.1 Å². The average molecular weight is 337 g/mol. The Morgan fingerprint density at radius 1 is 0.840 bits per heavy atom. The fourth-order valence-corrected chi connectivity index (χ4v) is 3.44. The lowest BCUT2D eigenvalue weighted by molar-refractivity contribution is -0.114. The maximum atomic E-state index is 12.5. The van der Waals surface area contributed by atoms with Crippen molar-refractivity contribution in [2.75, 3.05) is 10.6 Å². The Balaban J connectivity index is 1.67. The van der Waals surface area contributed by atoms with E-state index in [0.29, 0.717) is 11.4 Å². The molecule has 0 aliphatic heterocycles. The molecule has 0 saturated heterocycles. The summed E-state index contributed by atoms with van der Waals surface area (Å²) < 4.78 is 0. The topological polar surface area (TPSA) is 70.2 Å². The van der Waals surface area contributed by atoms with Gasteiger partial charge in [0.1, 0.15) is 0 Å². The first-order valence-electron chi connectivity index (χ1n) is 8.60. The van der Waals surface area contributed by atoms with Gasteiger partial charge in [-0.3, -0.25) is 4.79 Å². The number of urea groups is 1. The first-order chi connectivity index (χ1) is 12.1. The van der Waals surface area contributed by atoms with Crippen molar-refractivity contribution < 1.29 is 9.59 Å². The Bertz CT molecular complexity index is 735. The predicted molar refractivity (Wildman–Crippen MR) is 99.5 cm³/mol. The third-order valence-electron chi connectivity index (χ3n) is 4.60. The van der Waals surface area contributed by atoms with E-state index >= 15 is 0 Å². The number of carbonyl (C=O) groups excluding carboxylic acids is 2. The van der Waals surface area contributed by atoms with Crippen molar-refractivity contribution in [1.29, 1.82) is 0 Å². The highest BCUT2D eigenvalue weighted by molar-refractivity contribution is 5.91. The molecule has 25 heavy (non-hydrogen) atoms. The summed E-state index contributed by atoms with van der Waals surface area (Å²) in [6.07, 6.45) is 4.12. The standard InChI is InChI=1S/C20H23N3O2/c1-15(24)21-17-9-11-18(12-10-17)22-19(25)23-20(13-5-6-14-20)16-7-3-2-4-8-16/h2-4,7-12H,5-6,13-14H2,1H3,(H,21,24)(H2,22,23,25). The molecule has 5 nitrogen and oxygen atoms in total. The third kappa shape index (κ3) is 4.18. The van der Waals surface area contributed by atoms with Gasteiger partial charge in [0.05, 0.1) is 5.54 Å². The van der Waals surface area contributed by atoms with Crippen LogP contribution in [-0.2, 0) is 10.3 Å². The van der Waals surface area contributed by atoms with E-state index in [0.717, 1.165) is 31.2 Å². The van der Waals surface area contributed by atoms with Gasteiger partial charge in [0.25, 0.3) is 0 Å². The highest BCUT2D eigenvalue weighted by Gasteiger charge is 2.36. The van der Waals surface area contributed by atoms with Crippen LogP contribution in [0.5, 0.6) is 0 Å². The molecule has 0 heterocycles. The van der Waals surface area contributed by atoms with Crippen LogP contribution < -0.4 is 16.0 Å². The van der Waals surface area contributed by atoms with E-state index in [1.165, 1.54) is 6.92 Å². The number of nitrogens with one attached hydrogen (secondary N) is 3. The third-order valence-corrected chi connectivity index (χ3v) is 4.60. The minimum atomic E-state index is -0.290. The smallest absolute Gasteiger partial charge is 0.319 e. The molecule has 0 aromatic heterocycles. The second-order valence-corrected chi connectivity index (χ2v) is 6.49. The van der Waals surface area contributed by atoms with Crippen LogP contribution >= 0.6 is 0 Å². The molecule has 1 saturated carbocycles. The molecule has 1 aliphatic carbocycles. The first kappa shape index (κ1) is 17.0. The molecule has 3 rings (SSSR count). The van der Waals surface area contributed by atoms with Gasteiger partial charge in [-0.1, -0.05) is 43.2 Å². The van der Waals surface area contributed by atoms with Gasteiger partial charge in [-0.05, 0) is 42.7 Å². The van der Waals surface area contributed by atoms with E-state index < -0.39 is 0 Å². The molecule has 5 heteroatoms. The summed E-state index contributed by atoms with van der Waals surface area (Å²) in [6, 6.07) is 17.0. The average Bonchev–Trinajstić information content (AvgIpc) is 3.06. The van der Waals surface area contributed by atoms with Gasteiger partial charge in [-0.15, -0.1) is 0 Å². The van der Waals surface area contributed by atoms with E-state index in [4.69, 9.17) is 0 Å². The van der Waals surface area contributed by atoms with Crippen LogP contribution in [0.1, 0.15) is 38.2 Å². The summed E-state index contributed by atoms with van der Waals surface area (Å²) in [5.74, 6) is -0.121. The Kier molecular flexibility index (Phi) is 5.03. The zero-order valence-corrected chi connectivity index (χ0v) is 14.3. The Morgan fingerprint density at radius 2 is 1.40 bits per heavy atom. The summed E-state index contributed by atoms with van der Waals surface area (Å²) in [4.78, 5) is 23.6. The highest BCUT2D eigenvalue weighted by atomic mass is 16.2. The zero-order valence-electron chi connectivity index (χ0n) is 14.3. The number of rotatable bonds is 4. The number of anilines is 2. The lowest BCUT2D eigenvalue weighted by atomic mass is 9.88. The second kappa shape index (κ2) is 7.38. The van der Waals surface area contributed by atoms with Gasteiger partial charge in [-0.2, -0.15) is 0 Å². The molecule has 1 aliphatic rings. The van der Waals surface area contributed by atoms with Gasteiger partial charge in [0, 0.05) is 18.3 Å². The van der Waals surface area contributed by atoms with Gasteiger partial charge >= 0.3 is 6.03 Å². The van der Waals surface area contributed by atoms with Crippen LogP contribution in [0.25, 0.3) is 0 Å². The van der Waals surface area contributed by atoms with Crippen LogP contribution in [0.15, 0.2) is 54.6 Å². The van der Waals surface area contributed by atoms with Crippen molar-refractivity contribution in [3.05, 3.63) is 60.2 Å². The SMILES string of the molecule is CC(=O)Nc1ccc(NC(=O)NC2(c3ccccc3)CCCC2)cc1. The number of carbonyl (C=O) groups is 2. The molecule has 0 radical (unpaired) electrons. The van der Waals surface area contributed by atoms with E-state index in [9.17, 15) is 9.59 Å².